The first-order chi connectivity index (χ1) is 23.9. The van der Waals surface area contributed by atoms with E-state index >= 15 is 0 Å². The normalized spacial score (nSPS) is 18.0. The summed E-state index contributed by atoms with van der Waals surface area (Å²) in [5, 5.41) is 9.95. The van der Waals surface area contributed by atoms with E-state index in [9.17, 15) is 14.4 Å². The molecule has 256 valence electrons. The molecule has 8 heteroatoms. The molecule has 0 radical (unpaired) electrons. The molecule has 2 fully saturated rings. The predicted octanol–water partition coefficient (Wildman–Crippen LogP) is 6.66. The molecule has 2 amide bonds. The number of hydrogen-bond donors (Lipinski definition) is 2. The van der Waals surface area contributed by atoms with Crippen molar-refractivity contribution < 1.29 is 19.5 Å². The molecule has 1 aliphatic carbocycles. The molecular formula is C41H48N4O4. The van der Waals surface area contributed by atoms with Gasteiger partial charge in [0.2, 0.25) is 5.91 Å². The zero-order valence-corrected chi connectivity index (χ0v) is 28.8. The van der Waals surface area contributed by atoms with Crippen LogP contribution >= 0.6 is 0 Å². The molecule has 8 nitrogen and oxygen atoms in total. The minimum Gasteiger partial charge on any atom is -0.400 e. The van der Waals surface area contributed by atoms with Gasteiger partial charge in [0.05, 0.1) is 0 Å². The largest absolute Gasteiger partial charge is 0.400 e. The summed E-state index contributed by atoms with van der Waals surface area (Å²) in [5.74, 6) is 1.58. The Bertz CT molecular complexity index is 1660. The SMILES string of the molecule is CCc1ccc(C(=O)NC(Cc2ccc(-c3ncc(-c4ccc(C5CCC(CC)CC5)cc4)cn3)cc2)C(=O)N2CC(C=O)C2)cc1.CO. The minimum absolute atomic E-state index is 0.141. The number of likely N-dealkylation sites (tertiary alicyclic amines) is 1. The molecule has 6 rings (SSSR count). The average Bonchev–Trinajstić information content (AvgIpc) is 3.15. The van der Waals surface area contributed by atoms with Crippen LogP contribution in [0.4, 0.5) is 0 Å². The Kier molecular flexibility index (Phi) is 12.4. The molecule has 4 aromatic rings. The standard InChI is InChI=1S/C40H44N4O3.CH4O/c1-3-27-5-11-31(12-6-27)32-17-19-33(20-18-32)36-22-41-38(42-23-36)34-13-9-29(10-14-34)21-37(40(47)44-24-30(25-44)26-45)43-39(46)35-15-7-28(4-2)8-16-35;1-2/h7-10,13-20,22-23,26-27,30-31,37H,3-6,11-12,21,24-25H2,1-2H3,(H,43,46);2H,1H3. The summed E-state index contributed by atoms with van der Waals surface area (Å²) in [4.78, 5) is 48.6. The van der Waals surface area contributed by atoms with Crippen molar-refractivity contribution in [2.75, 3.05) is 20.2 Å². The quantitative estimate of drug-likeness (QED) is 0.174. The highest BCUT2D eigenvalue weighted by atomic mass is 16.2. The van der Waals surface area contributed by atoms with Crippen LogP contribution in [0.1, 0.15) is 78.9 Å². The van der Waals surface area contributed by atoms with Crippen molar-refractivity contribution >= 4 is 18.1 Å². The summed E-state index contributed by atoms with van der Waals surface area (Å²) in [6.07, 6.45) is 12.4. The summed E-state index contributed by atoms with van der Waals surface area (Å²) in [5.41, 5.74) is 6.95. The molecule has 1 unspecified atom stereocenters. The fourth-order valence-electron chi connectivity index (χ4n) is 6.84. The molecule has 1 atom stereocenters. The monoisotopic (exact) mass is 660 g/mol. The second-order valence-corrected chi connectivity index (χ2v) is 13.2. The lowest BCUT2D eigenvalue weighted by Crippen LogP contribution is -2.58. The lowest BCUT2D eigenvalue weighted by Gasteiger charge is -2.38. The topological polar surface area (TPSA) is 112 Å². The highest BCUT2D eigenvalue weighted by molar-refractivity contribution is 5.98. The van der Waals surface area contributed by atoms with Crippen molar-refractivity contribution in [2.24, 2.45) is 11.8 Å². The van der Waals surface area contributed by atoms with Gasteiger partial charge in [0.25, 0.3) is 5.91 Å². The predicted molar refractivity (Wildman–Crippen MR) is 193 cm³/mol. The van der Waals surface area contributed by atoms with E-state index < -0.39 is 6.04 Å². The first-order valence-corrected chi connectivity index (χ1v) is 17.5. The lowest BCUT2D eigenvalue weighted by atomic mass is 9.78. The molecule has 49 heavy (non-hydrogen) atoms. The van der Waals surface area contributed by atoms with Crippen molar-refractivity contribution in [1.82, 2.24) is 20.2 Å². The summed E-state index contributed by atoms with van der Waals surface area (Å²) >= 11 is 0. The Morgan fingerprint density at radius 3 is 1.98 bits per heavy atom. The zero-order chi connectivity index (χ0) is 34.8. The number of hydrogen-bond acceptors (Lipinski definition) is 6. The van der Waals surface area contributed by atoms with E-state index in [4.69, 9.17) is 5.11 Å². The molecule has 1 saturated carbocycles. The molecule has 1 aromatic heterocycles. The number of aliphatic hydroxyl groups excluding tert-OH is 1. The summed E-state index contributed by atoms with van der Waals surface area (Å²) in [6.45, 7) is 5.14. The Morgan fingerprint density at radius 1 is 0.816 bits per heavy atom. The van der Waals surface area contributed by atoms with Gasteiger partial charge in [0.15, 0.2) is 5.82 Å². The van der Waals surface area contributed by atoms with Gasteiger partial charge in [-0.2, -0.15) is 0 Å². The Morgan fingerprint density at radius 2 is 1.41 bits per heavy atom. The smallest absolute Gasteiger partial charge is 0.251 e. The summed E-state index contributed by atoms with van der Waals surface area (Å²) < 4.78 is 0. The maximum absolute atomic E-state index is 13.4. The van der Waals surface area contributed by atoms with Crippen molar-refractivity contribution in [2.45, 2.75) is 70.8 Å². The van der Waals surface area contributed by atoms with E-state index in [1.54, 1.807) is 17.0 Å². The average molecular weight is 661 g/mol. The van der Waals surface area contributed by atoms with Gasteiger partial charge in [0, 0.05) is 61.6 Å². The molecule has 2 heterocycles. The molecule has 0 spiro atoms. The number of carbonyl (C=O) groups is 3. The Hall–Kier alpha value is -4.69. The number of carbonyl (C=O) groups excluding carboxylic acids is 3. The van der Waals surface area contributed by atoms with E-state index in [1.807, 2.05) is 48.8 Å². The molecular weight excluding hydrogens is 612 g/mol. The van der Waals surface area contributed by atoms with Crippen LogP contribution in [0.15, 0.2) is 85.2 Å². The molecule has 2 N–H and O–H groups in total. The lowest BCUT2D eigenvalue weighted by molar-refractivity contribution is -0.141. The van der Waals surface area contributed by atoms with E-state index in [0.717, 1.165) is 53.6 Å². The Labute approximate surface area is 290 Å². The second kappa shape index (κ2) is 17.1. The van der Waals surface area contributed by atoms with E-state index in [0.29, 0.717) is 36.8 Å². The van der Waals surface area contributed by atoms with Crippen LogP contribution in [0.25, 0.3) is 22.5 Å². The van der Waals surface area contributed by atoms with Crippen LogP contribution < -0.4 is 5.32 Å². The number of aldehydes is 1. The van der Waals surface area contributed by atoms with Crippen LogP contribution in [0.2, 0.25) is 0 Å². The first kappa shape index (κ1) is 35.6. The number of aromatic nitrogens is 2. The molecule has 1 aliphatic heterocycles. The van der Waals surface area contributed by atoms with E-state index in [1.165, 1.54) is 37.7 Å². The van der Waals surface area contributed by atoms with Gasteiger partial charge in [-0.1, -0.05) is 80.9 Å². The third-order valence-corrected chi connectivity index (χ3v) is 10.1. The number of nitrogens with zero attached hydrogens (tertiary/aromatic N) is 3. The van der Waals surface area contributed by atoms with Crippen molar-refractivity contribution in [3.63, 3.8) is 0 Å². The maximum atomic E-state index is 13.4. The van der Waals surface area contributed by atoms with Crippen molar-refractivity contribution in [1.29, 1.82) is 0 Å². The van der Waals surface area contributed by atoms with Gasteiger partial charge in [-0.25, -0.2) is 9.97 Å². The van der Waals surface area contributed by atoms with Crippen LogP contribution in [0, 0.1) is 11.8 Å². The first-order valence-electron chi connectivity index (χ1n) is 17.5. The number of aliphatic hydroxyl groups is 1. The zero-order valence-electron chi connectivity index (χ0n) is 28.8. The number of rotatable bonds is 11. The highest BCUT2D eigenvalue weighted by Crippen LogP contribution is 2.37. The molecule has 1 saturated heterocycles. The van der Waals surface area contributed by atoms with Crippen LogP contribution in [0.3, 0.4) is 0 Å². The van der Waals surface area contributed by atoms with E-state index in [-0.39, 0.29) is 17.7 Å². The number of benzene rings is 3. The summed E-state index contributed by atoms with van der Waals surface area (Å²) in [6, 6.07) is 23.4. The third-order valence-electron chi connectivity index (χ3n) is 10.1. The fraction of sp³-hybridized carbons (Fsp3) is 0.390. The van der Waals surface area contributed by atoms with Crippen LogP contribution in [0.5, 0.6) is 0 Å². The van der Waals surface area contributed by atoms with Crippen molar-refractivity contribution in [3.8, 4) is 22.5 Å². The fourth-order valence-corrected chi connectivity index (χ4v) is 6.84. The van der Waals surface area contributed by atoms with Crippen LogP contribution in [-0.4, -0.2) is 64.3 Å². The molecule has 3 aromatic carbocycles. The number of aryl methyl sites for hydroxylation is 1. The van der Waals surface area contributed by atoms with Gasteiger partial charge in [0.1, 0.15) is 12.3 Å². The highest BCUT2D eigenvalue weighted by Gasteiger charge is 2.35. The van der Waals surface area contributed by atoms with Gasteiger partial charge in [-0.3, -0.25) is 9.59 Å². The van der Waals surface area contributed by atoms with E-state index in [2.05, 4.69) is 53.4 Å². The van der Waals surface area contributed by atoms with Gasteiger partial charge in [-0.15, -0.1) is 0 Å². The molecule has 0 bridgehead atoms. The number of amides is 2. The maximum Gasteiger partial charge on any atom is 0.251 e. The van der Waals surface area contributed by atoms with Gasteiger partial charge < -0.3 is 20.1 Å². The minimum atomic E-state index is -0.750. The Balaban J connectivity index is 0.00000230. The second-order valence-electron chi connectivity index (χ2n) is 13.2. The van der Waals surface area contributed by atoms with Crippen molar-refractivity contribution in [3.05, 3.63) is 107 Å². The van der Waals surface area contributed by atoms with Crippen LogP contribution in [-0.2, 0) is 22.4 Å². The van der Waals surface area contributed by atoms with Gasteiger partial charge >= 0.3 is 0 Å². The number of nitrogens with one attached hydrogen (secondary N) is 1. The molecule has 2 aliphatic rings. The van der Waals surface area contributed by atoms with Gasteiger partial charge in [-0.05, 0) is 78.3 Å². The third kappa shape index (κ3) is 8.86. The summed E-state index contributed by atoms with van der Waals surface area (Å²) in [7, 11) is 1.00.